The van der Waals surface area contributed by atoms with E-state index in [-0.39, 0.29) is 0 Å². The van der Waals surface area contributed by atoms with Crippen LogP contribution in [0.2, 0.25) is 0 Å². The van der Waals surface area contributed by atoms with Gasteiger partial charge in [-0.05, 0) is 37.1 Å². The third-order valence-corrected chi connectivity index (χ3v) is 4.63. The van der Waals surface area contributed by atoms with Crippen LogP contribution in [-0.2, 0) is 4.70 Å². The van der Waals surface area contributed by atoms with Gasteiger partial charge in [0.25, 0.3) is 0 Å². The zero-order valence-electron chi connectivity index (χ0n) is 16.8. The molecule has 0 saturated heterocycles. The van der Waals surface area contributed by atoms with Gasteiger partial charge in [-0.3, -0.25) is 0 Å². The van der Waals surface area contributed by atoms with E-state index in [2.05, 4.69) is 90.4 Å². The van der Waals surface area contributed by atoms with Gasteiger partial charge in [0.15, 0.2) is 0 Å². The van der Waals surface area contributed by atoms with Crippen LogP contribution >= 0.6 is 15.9 Å². The van der Waals surface area contributed by atoms with Gasteiger partial charge in [-0.15, -0.1) is 0 Å². The summed E-state index contributed by atoms with van der Waals surface area (Å²) < 4.78 is 11.1. The first-order valence-corrected chi connectivity index (χ1v) is 10.2. The van der Waals surface area contributed by atoms with Crippen LogP contribution in [0, 0.1) is 13.8 Å². The molecule has 0 radical (unpaired) electrons. The van der Waals surface area contributed by atoms with E-state index in [9.17, 15) is 4.70 Å². The van der Waals surface area contributed by atoms with Crippen molar-refractivity contribution in [3.8, 4) is 11.1 Å². The van der Waals surface area contributed by atoms with Crippen molar-refractivity contribution < 1.29 is 4.70 Å². The van der Waals surface area contributed by atoms with Crippen LogP contribution in [0.15, 0.2) is 114 Å². The number of hydrogen-bond acceptors (Lipinski definition) is 1. The fraction of sp³-hybridized carbons (Fsp3) is 0.0769. The van der Waals surface area contributed by atoms with Crippen molar-refractivity contribution in [2.45, 2.75) is 13.8 Å². The Kier molecular flexibility index (Phi) is 9.81. The third kappa shape index (κ3) is 8.84. The summed E-state index contributed by atoms with van der Waals surface area (Å²) in [5, 5.41) is 0. The van der Waals surface area contributed by atoms with E-state index < -0.39 is 0 Å². The van der Waals surface area contributed by atoms with E-state index in [0.29, 0.717) is 0 Å². The third-order valence-electron chi connectivity index (χ3n) is 4.11. The van der Waals surface area contributed by atoms with Crippen molar-refractivity contribution in [1.82, 2.24) is 0 Å². The van der Waals surface area contributed by atoms with Gasteiger partial charge in [-0.2, -0.15) is 0 Å². The van der Waals surface area contributed by atoms with Crippen LogP contribution < -0.4 is 5.46 Å². The summed E-state index contributed by atoms with van der Waals surface area (Å²) in [5.74, 6) is 0. The molecule has 0 aliphatic rings. The van der Waals surface area contributed by atoms with Gasteiger partial charge in [0.05, 0.1) is 0 Å². The molecule has 0 spiro atoms. The van der Waals surface area contributed by atoms with E-state index in [1.807, 2.05) is 36.4 Å². The SMILES string of the molecule is Cc1ccc(-c2ccccc2)cc1.Cc1ccc(Br)cc1.O=Bc1ccccc1. The molecule has 29 heavy (non-hydrogen) atoms. The zero-order chi connectivity index (χ0) is 20.9. The van der Waals surface area contributed by atoms with E-state index in [1.54, 1.807) is 12.1 Å². The predicted molar refractivity (Wildman–Crippen MR) is 128 cm³/mol. The molecule has 0 aliphatic heterocycles. The summed E-state index contributed by atoms with van der Waals surface area (Å²) in [4.78, 5) is 0. The Bertz CT molecular complexity index is 946. The first kappa shape index (κ1) is 22.5. The maximum atomic E-state index is 10.0. The Morgan fingerprint density at radius 3 is 1.38 bits per heavy atom. The molecule has 0 fully saturated rings. The van der Waals surface area contributed by atoms with Gasteiger partial charge >= 0.3 is 47.6 Å². The number of benzene rings is 4. The molecule has 1 nitrogen and oxygen atoms in total. The van der Waals surface area contributed by atoms with Gasteiger partial charge in [0.2, 0.25) is 0 Å². The van der Waals surface area contributed by atoms with E-state index in [0.717, 1.165) is 17.1 Å². The fourth-order valence-electron chi connectivity index (χ4n) is 2.44. The molecular formula is C26H24BBrO. The van der Waals surface area contributed by atoms with Gasteiger partial charge < -0.3 is 0 Å². The summed E-state index contributed by atoms with van der Waals surface area (Å²) in [5.41, 5.74) is 5.90. The van der Waals surface area contributed by atoms with Crippen LogP contribution in [0.5, 0.6) is 0 Å². The molecule has 0 unspecified atom stereocenters. The Morgan fingerprint density at radius 2 is 0.966 bits per heavy atom. The van der Waals surface area contributed by atoms with E-state index >= 15 is 0 Å². The van der Waals surface area contributed by atoms with Crippen molar-refractivity contribution in [1.29, 1.82) is 0 Å². The molecule has 0 amide bonds. The van der Waals surface area contributed by atoms with Gasteiger partial charge in [0, 0.05) is 4.47 Å². The quantitative estimate of drug-likeness (QED) is 0.312. The van der Waals surface area contributed by atoms with Crippen LogP contribution in [0.1, 0.15) is 11.1 Å². The molecule has 0 saturated carbocycles. The van der Waals surface area contributed by atoms with Crippen molar-refractivity contribution in [3.05, 3.63) is 125 Å². The summed E-state index contributed by atoms with van der Waals surface area (Å²) in [7, 11) is 0.833. The fourth-order valence-corrected chi connectivity index (χ4v) is 2.71. The summed E-state index contributed by atoms with van der Waals surface area (Å²) in [6.45, 7) is 4.18. The van der Waals surface area contributed by atoms with Crippen LogP contribution in [0.3, 0.4) is 0 Å². The summed E-state index contributed by atoms with van der Waals surface area (Å²) in [6, 6.07) is 36.3. The van der Waals surface area contributed by atoms with Crippen molar-refractivity contribution in [3.63, 3.8) is 0 Å². The minimum absolute atomic E-state index is 0.729. The standard InChI is InChI=1S/C13H12.C7H7Br.C6H5BO/c1-11-7-9-13(10-8-11)12-5-3-2-4-6-12;1-6-2-4-7(8)5-3-6;8-7-6-4-2-1-3-5-6/h2-10H,1H3;2-5H,1H3;1-5H. The monoisotopic (exact) mass is 442 g/mol. The molecular weight excluding hydrogens is 419 g/mol. The minimum atomic E-state index is 0.729. The first-order chi connectivity index (χ1) is 14.1. The summed E-state index contributed by atoms with van der Waals surface area (Å²) in [6.07, 6.45) is 0. The average molecular weight is 443 g/mol. The molecule has 0 atom stereocenters. The van der Waals surface area contributed by atoms with Gasteiger partial charge in [0.1, 0.15) is 0 Å². The molecule has 0 heterocycles. The first-order valence-electron chi connectivity index (χ1n) is 9.43. The van der Waals surface area contributed by atoms with Crippen LogP contribution in [0.25, 0.3) is 11.1 Å². The van der Waals surface area contributed by atoms with Gasteiger partial charge in [-0.25, -0.2) is 0 Å². The Labute approximate surface area is 182 Å². The molecule has 0 N–H and O–H groups in total. The second kappa shape index (κ2) is 12.6. The normalized spacial score (nSPS) is 9.21. The second-order valence-electron chi connectivity index (χ2n) is 6.56. The number of halogens is 1. The molecule has 144 valence electrons. The molecule has 3 heteroatoms. The number of hydrogen-bond donors (Lipinski definition) is 0. The maximum absolute atomic E-state index is 10.0. The molecule has 0 aliphatic carbocycles. The molecule has 0 aromatic heterocycles. The number of aryl methyl sites for hydroxylation is 2. The van der Waals surface area contributed by atoms with Crippen molar-refractivity contribution in [2.24, 2.45) is 0 Å². The van der Waals surface area contributed by atoms with Crippen molar-refractivity contribution in [2.75, 3.05) is 0 Å². The van der Waals surface area contributed by atoms with Crippen LogP contribution in [-0.4, -0.2) is 7.15 Å². The predicted octanol–water partition coefficient (Wildman–Crippen LogP) is 6.78. The van der Waals surface area contributed by atoms with E-state index in [4.69, 9.17) is 0 Å². The summed E-state index contributed by atoms with van der Waals surface area (Å²) >= 11 is 3.35. The zero-order valence-corrected chi connectivity index (χ0v) is 18.3. The van der Waals surface area contributed by atoms with Crippen LogP contribution in [0.4, 0.5) is 0 Å². The second-order valence-corrected chi connectivity index (χ2v) is 7.47. The Balaban J connectivity index is 0.000000164. The Hall–Kier alpha value is -2.78. The average Bonchev–Trinajstić information content (AvgIpc) is 2.78. The van der Waals surface area contributed by atoms with Gasteiger partial charge in [-0.1, -0.05) is 93.8 Å². The van der Waals surface area contributed by atoms with Crippen molar-refractivity contribution >= 4 is 28.5 Å². The molecule has 0 bridgehead atoms. The molecule has 4 aromatic rings. The topological polar surface area (TPSA) is 17.1 Å². The molecule has 4 aromatic carbocycles. The Morgan fingerprint density at radius 1 is 0.552 bits per heavy atom. The van der Waals surface area contributed by atoms with E-state index in [1.165, 1.54) is 22.3 Å². The molecule has 4 rings (SSSR count). The number of rotatable bonds is 2.